The fraction of sp³-hybridized carbons (Fsp3) is 0.950. The number of ether oxygens (including phenoxy) is 6. The van der Waals surface area contributed by atoms with E-state index in [1.807, 2.05) is 0 Å². The lowest BCUT2D eigenvalue weighted by Gasteiger charge is -2.39. The summed E-state index contributed by atoms with van der Waals surface area (Å²) in [5, 5.41) is 0. The number of carbonyl (C=O) groups is 2. The quantitative estimate of drug-likeness (QED) is 0.118. The van der Waals surface area contributed by atoms with E-state index in [1.54, 1.807) is 28.4 Å². The summed E-state index contributed by atoms with van der Waals surface area (Å²) in [6.07, 6.45) is 9.60. The second kappa shape index (κ2) is 16.4. The average Bonchev–Trinajstić information content (AvgIpc) is 3.56. The molecule has 10 unspecified atom stereocenters. The van der Waals surface area contributed by atoms with Gasteiger partial charge < -0.3 is 28.4 Å². The normalized spacial score (nSPS) is 33.7. The Bertz CT molecular complexity index is 968. The van der Waals surface area contributed by atoms with Crippen LogP contribution in [0.25, 0.3) is 0 Å². The van der Waals surface area contributed by atoms with E-state index in [0.29, 0.717) is 11.8 Å². The summed E-state index contributed by atoms with van der Waals surface area (Å²) in [6, 6.07) is 0. The summed E-state index contributed by atoms with van der Waals surface area (Å²) >= 11 is 0. The van der Waals surface area contributed by atoms with Gasteiger partial charge in [0.05, 0.1) is 11.8 Å². The predicted octanol–water partition coefficient (Wildman–Crippen LogP) is 8.83. The van der Waals surface area contributed by atoms with E-state index in [1.165, 1.54) is 25.7 Å². The molecule has 0 aromatic heterocycles. The number of methoxy groups -OCH3 is 4. The average molecular weight is 681 g/mol. The molecule has 0 saturated heterocycles. The third-order valence-corrected chi connectivity index (χ3v) is 14.8. The van der Waals surface area contributed by atoms with Crippen molar-refractivity contribution in [1.29, 1.82) is 0 Å². The molecule has 280 valence electrons. The summed E-state index contributed by atoms with van der Waals surface area (Å²) in [6.45, 7) is 22.3. The van der Waals surface area contributed by atoms with E-state index in [9.17, 15) is 9.59 Å². The van der Waals surface area contributed by atoms with Crippen LogP contribution in [-0.4, -0.2) is 65.2 Å². The first-order chi connectivity index (χ1) is 22.4. The Kier molecular flexibility index (Phi) is 14.1. The molecule has 4 aliphatic carbocycles. The van der Waals surface area contributed by atoms with E-state index in [-0.39, 0.29) is 82.1 Å². The van der Waals surface area contributed by atoms with Crippen LogP contribution in [0.2, 0.25) is 0 Å². The van der Waals surface area contributed by atoms with Crippen molar-refractivity contribution in [3.8, 4) is 0 Å². The van der Waals surface area contributed by atoms with E-state index in [2.05, 4.69) is 69.2 Å². The van der Waals surface area contributed by atoms with Crippen LogP contribution < -0.4 is 0 Å². The van der Waals surface area contributed by atoms with Crippen LogP contribution in [0.3, 0.4) is 0 Å². The SMILES string of the molecule is CCC(CC(C)C(OC)OC)C(=O)OC1CC2CCC1(C)C2(C)C.CCC(CC(C)C(OC)OC)C(=O)OC1CC2CCC1(C)C2(C)C. The molecule has 8 heteroatoms. The molecule has 48 heavy (non-hydrogen) atoms. The summed E-state index contributed by atoms with van der Waals surface area (Å²) in [4.78, 5) is 25.6. The molecule has 8 nitrogen and oxygen atoms in total. The zero-order chi connectivity index (χ0) is 36.2. The van der Waals surface area contributed by atoms with Gasteiger partial charge in [-0.25, -0.2) is 0 Å². The summed E-state index contributed by atoms with van der Waals surface area (Å²) in [5.74, 6) is 1.44. The highest BCUT2D eigenvalue weighted by Crippen LogP contribution is 2.67. The number of hydrogen-bond donors (Lipinski definition) is 0. The van der Waals surface area contributed by atoms with Crippen molar-refractivity contribution >= 4 is 11.9 Å². The van der Waals surface area contributed by atoms with E-state index >= 15 is 0 Å². The molecule has 0 radical (unpaired) electrons. The van der Waals surface area contributed by atoms with Gasteiger partial charge in [-0.05, 0) is 86.9 Å². The molecule has 0 aliphatic heterocycles. The van der Waals surface area contributed by atoms with Crippen molar-refractivity contribution in [1.82, 2.24) is 0 Å². The van der Waals surface area contributed by atoms with Crippen molar-refractivity contribution in [2.24, 2.45) is 57.2 Å². The lowest BCUT2D eigenvalue weighted by Crippen LogP contribution is -2.39. The molecule has 4 rings (SSSR count). The zero-order valence-electron chi connectivity index (χ0n) is 33.1. The third-order valence-electron chi connectivity index (χ3n) is 14.8. The maximum absolute atomic E-state index is 12.8. The molecule has 4 aliphatic rings. The van der Waals surface area contributed by atoms with Gasteiger partial charge in [0.1, 0.15) is 12.2 Å². The fourth-order valence-corrected chi connectivity index (χ4v) is 10.2. The third kappa shape index (κ3) is 7.82. The molecule has 0 heterocycles. The van der Waals surface area contributed by atoms with Gasteiger partial charge in [0.2, 0.25) is 0 Å². The minimum absolute atomic E-state index is 0.0371. The Morgan fingerprint density at radius 2 is 0.917 bits per heavy atom. The molecule has 0 aromatic rings. The van der Waals surface area contributed by atoms with Crippen molar-refractivity contribution in [3.05, 3.63) is 0 Å². The van der Waals surface area contributed by atoms with Crippen molar-refractivity contribution in [2.45, 2.75) is 158 Å². The van der Waals surface area contributed by atoms with Crippen LogP contribution in [0.15, 0.2) is 0 Å². The largest absolute Gasteiger partial charge is 0.462 e. The second-order valence-electron chi connectivity index (χ2n) is 17.4. The van der Waals surface area contributed by atoms with Crippen LogP contribution in [-0.2, 0) is 38.0 Å². The predicted molar refractivity (Wildman–Crippen MR) is 189 cm³/mol. The Balaban J connectivity index is 0.000000260. The van der Waals surface area contributed by atoms with Gasteiger partial charge in [-0.15, -0.1) is 0 Å². The van der Waals surface area contributed by atoms with Crippen molar-refractivity contribution < 1.29 is 38.0 Å². The van der Waals surface area contributed by atoms with Gasteiger partial charge >= 0.3 is 11.9 Å². The first-order valence-corrected chi connectivity index (χ1v) is 18.9. The lowest BCUT2D eigenvalue weighted by molar-refractivity contribution is -0.167. The summed E-state index contributed by atoms with van der Waals surface area (Å²) < 4.78 is 33.4. The first kappa shape index (κ1) is 41.2. The molecule has 0 N–H and O–H groups in total. The number of rotatable bonds is 16. The van der Waals surface area contributed by atoms with Gasteiger partial charge in [-0.3, -0.25) is 9.59 Å². The van der Waals surface area contributed by atoms with Crippen LogP contribution >= 0.6 is 0 Å². The molecule has 4 fully saturated rings. The standard InChI is InChI=1S/2C20H36O4/c2*1-8-14(11-13(2)18(22-6)23-7)17(21)24-16-12-15-9-10-20(16,5)19(15,3)4/h2*13-16,18H,8-12H2,1-7H3. The lowest BCUT2D eigenvalue weighted by atomic mass is 9.70. The second-order valence-corrected chi connectivity index (χ2v) is 17.4. The Morgan fingerprint density at radius 1 is 0.604 bits per heavy atom. The topological polar surface area (TPSA) is 89.5 Å². The fourth-order valence-electron chi connectivity index (χ4n) is 10.2. The molecule has 0 spiro atoms. The Morgan fingerprint density at radius 3 is 1.12 bits per heavy atom. The van der Waals surface area contributed by atoms with E-state index in [0.717, 1.165) is 38.5 Å². The smallest absolute Gasteiger partial charge is 0.309 e. The number of hydrogen-bond acceptors (Lipinski definition) is 8. The van der Waals surface area contributed by atoms with E-state index in [4.69, 9.17) is 28.4 Å². The minimum atomic E-state index is -0.272. The van der Waals surface area contributed by atoms with Crippen LogP contribution in [0.1, 0.15) is 133 Å². The maximum Gasteiger partial charge on any atom is 0.309 e. The van der Waals surface area contributed by atoms with Crippen molar-refractivity contribution in [3.63, 3.8) is 0 Å². The molecular weight excluding hydrogens is 608 g/mol. The van der Waals surface area contributed by atoms with Gasteiger partial charge in [-0.1, -0.05) is 69.2 Å². The number of carbonyl (C=O) groups excluding carboxylic acids is 2. The van der Waals surface area contributed by atoms with Crippen molar-refractivity contribution in [2.75, 3.05) is 28.4 Å². The molecule has 10 atom stereocenters. The number of esters is 2. The molecule has 0 amide bonds. The van der Waals surface area contributed by atoms with Crippen LogP contribution in [0.5, 0.6) is 0 Å². The highest BCUT2D eigenvalue weighted by atomic mass is 16.7. The summed E-state index contributed by atoms with van der Waals surface area (Å²) in [7, 11) is 6.56. The van der Waals surface area contributed by atoms with Crippen LogP contribution in [0, 0.1) is 57.2 Å². The monoisotopic (exact) mass is 681 g/mol. The minimum Gasteiger partial charge on any atom is -0.462 e. The summed E-state index contributed by atoms with van der Waals surface area (Å²) in [5.41, 5.74) is 0.784. The van der Waals surface area contributed by atoms with Gasteiger partial charge in [0.25, 0.3) is 0 Å². The van der Waals surface area contributed by atoms with E-state index < -0.39 is 0 Å². The Labute approximate surface area is 293 Å². The highest BCUT2D eigenvalue weighted by molar-refractivity contribution is 5.73. The first-order valence-electron chi connectivity index (χ1n) is 18.9. The molecule has 4 bridgehead atoms. The number of fused-ring (bicyclic) bond motifs is 4. The molecular formula is C40H72O8. The van der Waals surface area contributed by atoms with Crippen LogP contribution in [0.4, 0.5) is 0 Å². The Hall–Kier alpha value is -1.22. The zero-order valence-corrected chi connectivity index (χ0v) is 33.1. The highest BCUT2D eigenvalue weighted by Gasteiger charge is 2.64. The molecule has 4 saturated carbocycles. The maximum atomic E-state index is 12.8. The molecule has 0 aromatic carbocycles. The van der Waals surface area contributed by atoms with Gasteiger partial charge in [-0.2, -0.15) is 0 Å². The van der Waals surface area contributed by atoms with Gasteiger partial charge in [0, 0.05) is 51.1 Å². The van der Waals surface area contributed by atoms with Gasteiger partial charge in [0.15, 0.2) is 12.6 Å².